The zero-order valence-corrected chi connectivity index (χ0v) is 26.0. The second-order valence-electron chi connectivity index (χ2n) is 11.5. The van der Waals surface area contributed by atoms with Gasteiger partial charge in [-0.1, -0.05) is 29.8 Å². The molecule has 2 amide bonds. The SMILES string of the molecule is C[C@H](C(=O)N[C@H](C)c1cccc(N2CCN(C)CC2)n1)N1Cc2ccc(-c3nc(NN4CCOCC4)ncc3Cl)cc2C1=O. The number of pyridine rings is 1. The standard InChI is InChI=1S/C31H38ClN9O3/c1-20(26-5-4-6-27(35-26)39-11-9-38(3)10-12-39)34-29(42)21(2)41-19-23-8-7-22(17-24(23)30(41)43)28-25(32)18-33-31(36-28)37-40-13-15-44-16-14-40/h4-8,17-18,20-21H,9-16,19H2,1-3H3,(H,34,42)(H,33,36,37)/t20-,21-/m1/s1. The number of aromatic nitrogens is 3. The molecule has 12 nitrogen and oxygen atoms in total. The summed E-state index contributed by atoms with van der Waals surface area (Å²) in [5.41, 5.74) is 6.61. The van der Waals surface area contributed by atoms with E-state index in [9.17, 15) is 9.59 Å². The fourth-order valence-corrected chi connectivity index (χ4v) is 5.87. The smallest absolute Gasteiger partial charge is 0.255 e. The Kier molecular flexibility index (Phi) is 8.94. The van der Waals surface area contributed by atoms with Crippen molar-refractivity contribution in [1.29, 1.82) is 0 Å². The van der Waals surface area contributed by atoms with E-state index in [0.717, 1.165) is 43.3 Å². The number of halogens is 1. The van der Waals surface area contributed by atoms with Crippen molar-refractivity contribution in [2.75, 3.05) is 69.9 Å². The summed E-state index contributed by atoms with van der Waals surface area (Å²) in [6.07, 6.45) is 1.55. The highest BCUT2D eigenvalue weighted by Gasteiger charge is 2.35. The fourth-order valence-electron chi connectivity index (χ4n) is 5.67. The molecular formula is C31H38ClN9O3. The van der Waals surface area contributed by atoms with Crippen molar-refractivity contribution < 1.29 is 14.3 Å². The van der Waals surface area contributed by atoms with Crippen LogP contribution < -0.4 is 15.6 Å². The van der Waals surface area contributed by atoms with Gasteiger partial charge >= 0.3 is 0 Å². The van der Waals surface area contributed by atoms with E-state index >= 15 is 0 Å². The summed E-state index contributed by atoms with van der Waals surface area (Å²) in [5.74, 6) is 0.897. The highest BCUT2D eigenvalue weighted by Crippen LogP contribution is 2.32. The zero-order valence-electron chi connectivity index (χ0n) is 25.3. The monoisotopic (exact) mass is 619 g/mol. The zero-order chi connectivity index (χ0) is 30.8. The number of piperazine rings is 1. The van der Waals surface area contributed by atoms with E-state index in [1.165, 1.54) is 0 Å². The molecule has 3 aromatic rings. The van der Waals surface area contributed by atoms with Gasteiger partial charge in [0.25, 0.3) is 5.91 Å². The Balaban J connectivity index is 1.12. The third kappa shape index (κ3) is 6.48. The Morgan fingerprint density at radius 1 is 1.02 bits per heavy atom. The average Bonchev–Trinajstić information content (AvgIpc) is 3.37. The molecule has 0 unspecified atom stereocenters. The van der Waals surface area contributed by atoms with Gasteiger partial charge in [0, 0.05) is 56.9 Å². The molecule has 0 aliphatic carbocycles. The topological polar surface area (TPSA) is 119 Å². The lowest BCUT2D eigenvalue weighted by atomic mass is 10.0. The lowest BCUT2D eigenvalue weighted by Gasteiger charge is -2.33. The first-order valence-electron chi connectivity index (χ1n) is 15.0. The third-order valence-electron chi connectivity index (χ3n) is 8.46. The number of carbonyl (C=O) groups excluding carboxylic acids is 2. The maximum Gasteiger partial charge on any atom is 0.255 e. The molecular weight excluding hydrogens is 582 g/mol. The number of nitrogens with zero attached hydrogens (tertiary/aromatic N) is 7. The quantitative estimate of drug-likeness (QED) is 0.390. The maximum atomic E-state index is 13.6. The molecule has 2 N–H and O–H groups in total. The van der Waals surface area contributed by atoms with Crippen LogP contribution >= 0.6 is 11.6 Å². The van der Waals surface area contributed by atoms with E-state index in [2.05, 4.69) is 37.6 Å². The molecule has 0 bridgehead atoms. The van der Waals surface area contributed by atoms with Gasteiger partial charge in [0.2, 0.25) is 11.9 Å². The van der Waals surface area contributed by atoms with Crippen molar-refractivity contribution in [3.05, 3.63) is 64.4 Å². The summed E-state index contributed by atoms with van der Waals surface area (Å²) in [5, 5.41) is 5.44. The van der Waals surface area contributed by atoms with Crippen LogP contribution in [0.3, 0.4) is 0 Å². The molecule has 0 radical (unpaired) electrons. The number of hydrogen-bond acceptors (Lipinski definition) is 10. The van der Waals surface area contributed by atoms with E-state index in [1.807, 2.05) is 42.3 Å². The molecule has 0 saturated carbocycles. The Morgan fingerprint density at radius 2 is 1.80 bits per heavy atom. The number of ether oxygens (including phenoxy) is 1. The van der Waals surface area contributed by atoms with Gasteiger partial charge in [-0.05, 0) is 44.7 Å². The molecule has 6 rings (SSSR count). The van der Waals surface area contributed by atoms with Crippen molar-refractivity contribution in [2.45, 2.75) is 32.5 Å². The number of amides is 2. The molecule has 13 heteroatoms. The predicted molar refractivity (Wildman–Crippen MR) is 168 cm³/mol. The molecule has 2 atom stereocenters. The first-order chi connectivity index (χ1) is 21.3. The maximum absolute atomic E-state index is 13.6. The molecule has 5 heterocycles. The number of fused-ring (bicyclic) bond motifs is 1. The number of likely N-dealkylation sites (N-methyl/N-ethyl adjacent to an activating group) is 1. The van der Waals surface area contributed by atoms with Gasteiger partial charge in [-0.15, -0.1) is 0 Å². The summed E-state index contributed by atoms with van der Waals surface area (Å²) < 4.78 is 5.40. The number of morpholine rings is 1. The minimum Gasteiger partial charge on any atom is -0.379 e. The Morgan fingerprint density at radius 3 is 2.57 bits per heavy atom. The summed E-state index contributed by atoms with van der Waals surface area (Å²) in [4.78, 5) is 46.9. The third-order valence-corrected chi connectivity index (χ3v) is 8.74. The predicted octanol–water partition coefficient (Wildman–Crippen LogP) is 2.82. The number of hydrazine groups is 1. The molecule has 3 aliphatic rings. The van der Waals surface area contributed by atoms with E-state index in [-0.39, 0.29) is 17.9 Å². The Bertz CT molecular complexity index is 1520. The molecule has 2 fully saturated rings. The van der Waals surface area contributed by atoms with Crippen molar-refractivity contribution >= 4 is 35.2 Å². The van der Waals surface area contributed by atoms with Crippen molar-refractivity contribution in [2.24, 2.45) is 0 Å². The number of carbonyl (C=O) groups is 2. The molecule has 1 aromatic carbocycles. The molecule has 44 heavy (non-hydrogen) atoms. The van der Waals surface area contributed by atoms with Gasteiger partial charge < -0.3 is 24.8 Å². The van der Waals surface area contributed by atoms with Gasteiger partial charge in [0.1, 0.15) is 11.9 Å². The summed E-state index contributed by atoms with van der Waals surface area (Å²) >= 11 is 6.50. The fraction of sp³-hybridized carbons (Fsp3) is 0.452. The number of nitrogens with one attached hydrogen (secondary N) is 2. The van der Waals surface area contributed by atoms with Gasteiger partial charge in [-0.2, -0.15) is 0 Å². The largest absolute Gasteiger partial charge is 0.379 e. The van der Waals surface area contributed by atoms with Crippen LogP contribution in [0.15, 0.2) is 42.6 Å². The lowest BCUT2D eigenvalue weighted by Crippen LogP contribution is -2.46. The van der Waals surface area contributed by atoms with Gasteiger partial charge in [-0.25, -0.2) is 20.0 Å². The van der Waals surface area contributed by atoms with E-state index in [4.69, 9.17) is 21.3 Å². The molecule has 0 spiro atoms. The van der Waals surface area contributed by atoms with Crippen LogP contribution in [0, 0.1) is 0 Å². The second-order valence-corrected chi connectivity index (χ2v) is 11.9. The van der Waals surface area contributed by atoms with Gasteiger partial charge in [-0.3, -0.25) is 15.0 Å². The summed E-state index contributed by atoms with van der Waals surface area (Å²) in [7, 11) is 2.12. The first kappa shape index (κ1) is 30.2. The summed E-state index contributed by atoms with van der Waals surface area (Å²) in [6, 6.07) is 10.5. The Hall–Kier alpha value is -3.84. The van der Waals surface area contributed by atoms with Gasteiger partial charge in [0.15, 0.2) is 0 Å². The minimum atomic E-state index is -0.673. The normalized spacial score (nSPS) is 19.0. The highest BCUT2D eigenvalue weighted by molar-refractivity contribution is 6.33. The average molecular weight is 620 g/mol. The molecule has 3 aliphatic heterocycles. The highest BCUT2D eigenvalue weighted by atomic mass is 35.5. The van der Waals surface area contributed by atoms with Crippen molar-refractivity contribution in [1.82, 2.24) is 35.1 Å². The van der Waals surface area contributed by atoms with Crippen LogP contribution in [-0.4, -0.2) is 107 Å². The second kappa shape index (κ2) is 13.0. The van der Waals surface area contributed by atoms with E-state index in [1.54, 1.807) is 24.1 Å². The number of benzene rings is 1. The van der Waals surface area contributed by atoms with E-state index in [0.29, 0.717) is 60.6 Å². The van der Waals surface area contributed by atoms with Gasteiger partial charge in [0.05, 0.1) is 41.9 Å². The number of rotatable bonds is 8. The number of hydrogen-bond donors (Lipinski definition) is 2. The van der Waals surface area contributed by atoms with Crippen LogP contribution in [-0.2, 0) is 16.1 Å². The van der Waals surface area contributed by atoms with Crippen molar-refractivity contribution in [3.63, 3.8) is 0 Å². The molecule has 2 aromatic heterocycles. The van der Waals surface area contributed by atoms with Crippen LogP contribution in [0.1, 0.15) is 41.5 Å². The van der Waals surface area contributed by atoms with Crippen LogP contribution in [0.5, 0.6) is 0 Å². The van der Waals surface area contributed by atoms with Crippen LogP contribution in [0.2, 0.25) is 5.02 Å². The summed E-state index contributed by atoms with van der Waals surface area (Å²) in [6.45, 7) is 10.5. The molecule has 2 saturated heterocycles. The Labute approximate surface area is 262 Å². The lowest BCUT2D eigenvalue weighted by molar-refractivity contribution is -0.125. The first-order valence-corrected chi connectivity index (χ1v) is 15.4. The molecule has 232 valence electrons. The van der Waals surface area contributed by atoms with Crippen LogP contribution in [0.25, 0.3) is 11.3 Å². The number of anilines is 2. The minimum absolute atomic E-state index is 0.204. The van der Waals surface area contributed by atoms with E-state index < -0.39 is 6.04 Å². The van der Waals surface area contributed by atoms with Crippen molar-refractivity contribution in [3.8, 4) is 11.3 Å². The van der Waals surface area contributed by atoms with Crippen LogP contribution in [0.4, 0.5) is 11.8 Å².